The molecule has 7 heteroatoms. The lowest BCUT2D eigenvalue weighted by Gasteiger charge is -2.08. The molecule has 0 bridgehead atoms. The summed E-state index contributed by atoms with van der Waals surface area (Å²) in [5.41, 5.74) is 5.52. The van der Waals surface area contributed by atoms with Crippen LogP contribution >= 0.6 is 11.8 Å². The van der Waals surface area contributed by atoms with Crippen LogP contribution < -0.4 is 10.0 Å². The number of benzene rings is 2. The molecule has 160 valence electrons. The van der Waals surface area contributed by atoms with Gasteiger partial charge in [0, 0.05) is 23.8 Å². The van der Waals surface area contributed by atoms with Crippen LogP contribution in [0, 0.1) is 5.21 Å². The lowest BCUT2D eigenvalue weighted by molar-refractivity contribution is -0.645. The van der Waals surface area contributed by atoms with E-state index in [0.29, 0.717) is 10.8 Å². The van der Waals surface area contributed by atoms with Gasteiger partial charge in [-0.1, -0.05) is 30.3 Å². The highest BCUT2D eigenvalue weighted by molar-refractivity contribution is 7.99. The van der Waals surface area contributed by atoms with Crippen molar-refractivity contribution in [3.63, 3.8) is 0 Å². The Balaban J connectivity index is 1.41. The third-order valence-corrected chi connectivity index (χ3v) is 6.53. The number of nitrogens with zero attached hydrogens (tertiary/aromatic N) is 3. The molecular formula is C25H22N4O2S. The van der Waals surface area contributed by atoms with Crippen LogP contribution in [0.4, 0.5) is 5.82 Å². The van der Waals surface area contributed by atoms with Crippen LogP contribution in [0.15, 0.2) is 84.0 Å². The van der Waals surface area contributed by atoms with Gasteiger partial charge in [-0.25, -0.2) is 4.68 Å². The number of hydrogen-bond donors (Lipinski definition) is 1. The second-order valence-corrected chi connectivity index (χ2v) is 8.70. The van der Waals surface area contributed by atoms with Crippen molar-refractivity contribution in [1.82, 2.24) is 9.78 Å². The Kier molecular flexibility index (Phi) is 5.64. The molecule has 4 aromatic rings. The second-order valence-electron chi connectivity index (χ2n) is 7.70. The van der Waals surface area contributed by atoms with Gasteiger partial charge < -0.3 is 10.5 Å². The molecule has 2 aromatic heterocycles. The number of hydrogen-bond acceptors (Lipinski definition) is 4. The number of amides is 1. The van der Waals surface area contributed by atoms with Crippen molar-refractivity contribution in [3.05, 3.63) is 95.3 Å². The van der Waals surface area contributed by atoms with E-state index in [1.165, 1.54) is 35.5 Å². The smallest absolute Gasteiger partial charge is 0.251 e. The Morgan fingerprint density at radius 1 is 1.03 bits per heavy atom. The van der Waals surface area contributed by atoms with Crippen molar-refractivity contribution in [2.75, 3.05) is 11.1 Å². The maximum absolute atomic E-state index is 12.7. The number of nitrogens with one attached hydrogen (secondary N) is 1. The van der Waals surface area contributed by atoms with E-state index in [2.05, 4.69) is 23.5 Å². The van der Waals surface area contributed by atoms with Crippen molar-refractivity contribution in [2.24, 2.45) is 0 Å². The summed E-state index contributed by atoms with van der Waals surface area (Å²) in [5, 5.41) is 20.1. The highest BCUT2D eigenvalue weighted by atomic mass is 32.2. The molecule has 0 spiro atoms. The molecule has 2 aromatic carbocycles. The lowest BCUT2D eigenvalue weighted by Crippen LogP contribution is -2.28. The SMILES string of the molecule is O=C(CSc1cccc[n+]1[O-])Nc1cc(-c2ccc3c(c2)CCC3)nn1-c1ccccc1. The van der Waals surface area contributed by atoms with Crippen LogP contribution in [0.5, 0.6) is 0 Å². The molecule has 1 aliphatic rings. The third-order valence-electron chi connectivity index (χ3n) is 5.51. The van der Waals surface area contributed by atoms with Gasteiger partial charge in [0.15, 0.2) is 6.20 Å². The number of thioether (sulfide) groups is 1. The van der Waals surface area contributed by atoms with E-state index in [4.69, 9.17) is 5.10 Å². The Morgan fingerprint density at radius 2 is 1.84 bits per heavy atom. The maximum atomic E-state index is 12.7. The van der Waals surface area contributed by atoms with Crippen molar-refractivity contribution in [2.45, 2.75) is 24.3 Å². The van der Waals surface area contributed by atoms with Crippen molar-refractivity contribution < 1.29 is 9.52 Å². The molecule has 2 heterocycles. The number of fused-ring (bicyclic) bond motifs is 1. The molecule has 1 aliphatic carbocycles. The van der Waals surface area contributed by atoms with Crippen LogP contribution in [-0.2, 0) is 17.6 Å². The number of aromatic nitrogens is 3. The summed E-state index contributed by atoms with van der Waals surface area (Å²) in [7, 11) is 0. The average Bonchev–Trinajstić information content (AvgIpc) is 3.45. The fourth-order valence-corrected chi connectivity index (χ4v) is 4.67. The van der Waals surface area contributed by atoms with Crippen molar-refractivity contribution in [1.29, 1.82) is 0 Å². The van der Waals surface area contributed by atoms with E-state index in [9.17, 15) is 10.0 Å². The van der Waals surface area contributed by atoms with Crippen LogP contribution in [0.3, 0.4) is 0 Å². The monoisotopic (exact) mass is 442 g/mol. The fourth-order valence-electron chi connectivity index (χ4n) is 3.95. The topological polar surface area (TPSA) is 73.9 Å². The molecule has 32 heavy (non-hydrogen) atoms. The Bertz CT molecular complexity index is 1270. The molecule has 0 saturated carbocycles. The highest BCUT2D eigenvalue weighted by Crippen LogP contribution is 2.30. The largest absolute Gasteiger partial charge is 0.618 e. The zero-order chi connectivity index (χ0) is 21.9. The van der Waals surface area contributed by atoms with Crippen LogP contribution in [0.2, 0.25) is 0 Å². The van der Waals surface area contributed by atoms with E-state index < -0.39 is 0 Å². The van der Waals surface area contributed by atoms with Crippen molar-refractivity contribution in [3.8, 4) is 16.9 Å². The Labute approximate surface area is 190 Å². The van der Waals surface area contributed by atoms with Gasteiger partial charge >= 0.3 is 0 Å². The number of carbonyl (C=O) groups is 1. The standard InChI is InChI=1S/C25H22N4O2S/c30-24(17-32-25-11-4-5-14-28(25)31)26-23-16-22(27-29(23)21-9-2-1-3-10-21)20-13-12-18-7-6-8-19(18)15-20/h1-5,9-16H,6-8,17H2,(H,26,30). The lowest BCUT2D eigenvalue weighted by atomic mass is 10.0. The first-order valence-electron chi connectivity index (χ1n) is 10.6. The number of aryl methyl sites for hydroxylation is 2. The summed E-state index contributed by atoms with van der Waals surface area (Å²) in [6, 6.07) is 23.3. The number of rotatable bonds is 6. The number of pyridine rings is 1. The van der Waals surface area contributed by atoms with Gasteiger partial charge in [0.2, 0.25) is 5.91 Å². The highest BCUT2D eigenvalue weighted by Gasteiger charge is 2.17. The normalized spacial score (nSPS) is 12.5. The minimum atomic E-state index is -0.198. The number of carbonyl (C=O) groups excluding carboxylic acids is 1. The minimum Gasteiger partial charge on any atom is -0.618 e. The van der Waals surface area contributed by atoms with E-state index in [-0.39, 0.29) is 11.7 Å². The van der Waals surface area contributed by atoms with Crippen LogP contribution in [0.1, 0.15) is 17.5 Å². The second kappa shape index (κ2) is 8.88. The molecule has 0 saturated heterocycles. The van der Waals surface area contributed by atoms with Gasteiger partial charge in [0.25, 0.3) is 5.03 Å². The zero-order valence-electron chi connectivity index (χ0n) is 17.4. The quantitative estimate of drug-likeness (QED) is 0.273. The summed E-state index contributed by atoms with van der Waals surface area (Å²) in [6.07, 6.45) is 4.86. The predicted octanol–water partition coefficient (Wildman–Crippen LogP) is 4.39. The first-order valence-corrected chi connectivity index (χ1v) is 11.5. The molecular weight excluding hydrogens is 420 g/mol. The van der Waals surface area contributed by atoms with Gasteiger partial charge in [0.1, 0.15) is 5.82 Å². The van der Waals surface area contributed by atoms with Crippen LogP contribution in [-0.4, -0.2) is 21.4 Å². The molecule has 0 atom stereocenters. The van der Waals surface area contributed by atoms with Gasteiger partial charge in [-0.2, -0.15) is 9.83 Å². The van der Waals surface area contributed by atoms with E-state index in [1.54, 1.807) is 22.9 Å². The molecule has 0 fully saturated rings. The first-order chi connectivity index (χ1) is 15.7. The van der Waals surface area contributed by atoms with E-state index >= 15 is 0 Å². The van der Waals surface area contributed by atoms with Gasteiger partial charge in [0.05, 0.1) is 17.1 Å². The summed E-state index contributed by atoms with van der Waals surface area (Å²) in [6.45, 7) is 0. The molecule has 1 amide bonds. The van der Waals surface area contributed by atoms with E-state index in [0.717, 1.165) is 34.5 Å². The van der Waals surface area contributed by atoms with Crippen LogP contribution in [0.25, 0.3) is 16.9 Å². The van der Waals surface area contributed by atoms with Crippen molar-refractivity contribution >= 4 is 23.5 Å². The van der Waals surface area contributed by atoms with E-state index in [1.807, 2.05) is 36.4 Å². The van der Waals surface area contributed by atoms with Gasteiger partial charge in [-0.15, -0.1) is 0 Å². The maximum Gasteiger partial charge on any atom is 0.251 e. The number of anilines is 1. The average molecular weight is 443 g/mol. The molecule has 5 rings (SSSR count). The summed E-state index contributed by atoms with van der Waals surface area (Å²) >= 11 is 1.20. The predicted molar refractivity (Wildman–Crippen MR) is 126 cm³/mol. The summed E-state index contributed by atoms with van der Waals surface area (Å²) < 4.78 is 2.51. The molecule has 0 aliphatic heterocycles. The number of para-hydroxylation sites is 1. The summed E-state index contributed by atoms with van der Waals surface area (Å²) in [5.74, 6) is 0.525. The molecule has 0 unspecified atom stereocenters. The summed E-state index contributed by atoms with van der Waals surface area (Å²) in [4.78, 5) is 12.7. The Hall–Kier alpha value is -3.58. The molecule has 1 N–H and O–H groups in total. The zero-order valence-corrected chi connectivity index (χ0v) is 18.2. The third kappa shape index (κ3) is 4.24. The fraction of sp³-hybridized carbons (Fsp3) is 0.160. The molecule has 6 nitrogen and oxygen atoms in total. The van der Waals surface area contributed by atoms with Gasteiger partial charge in [-0.05, 0) is 66.4 Å². The first kappa shape index (κ1) is 20.3. The van der Waals surface area contributed by atoms with Gasteiger partial charge in [-0.3, -0.25) is 4.79 Å². The minimum absolute atomic E-state index is 0.125. The molecule has 0 radical (unpaired) electrons. The Morgan fingerprint density at radius 3 is 2.69 bits per heavy atom.